The third-order valence-corrected chi connectivity index (χ3v) is 2.96. The summed E-state index contributed by atoms with van der Waals surface area (Å²) in [5, 5.41) is 0.930. The molecule has 2 aromatic carbocycles. The minimum Gasteiger partial charge on any atom is -0.457 e. The number of nitrogens with two attached hydrogens (primary N) is 1. The van der Waals surface area contributed by atoms with E-state index in [2.05, 4.69) is 0 Å². The first kappa shape index (κ1) is 14.1. The maximum absolute atomic E-state index is 13.2. The van der Waals surface area contributed by atoms with Gasteiger partial charge in [-0.3, -0.25) is 0 Å². The normalized spacial score (nSPS) is 12.3. The van der Waals surface area contributed by atoms with Crippen LogP contribution in [0.25, 0.3) is 0 Å². The van der Waals surface area contributed by atoms with Crippen molar-refractivity contribution in [2.45, 2.75) is 13.0 Å². The third-order valence-electron chi connectivity index (χ3n) is 2.53. The molecule has 1 atom stereocenters. The number of halogens is 3. The summed E-state index contributed by atoms with van der Waals surface area (Å²) in [4.78, 5) is 0. The predicted molar refractivity (Wildman–Crippen MR) is 75.5 cm³/mol. The molecule has 0 aliphatic rings. The summed E-state index contributed by atoms with van der Waals surface area (Å²) in [6, 6.07) is 8.71. The third kappa shape index (κ3) is 3.60. The van der Waals surface area contributed by atoms with E-state index in [1.165, 1.54) is 18.2 Å². The van der Waals surface area contributed by atoms with Crippen molar-refractivity contribution >= 4 is 23.2 Å². The molecule has 0 heterocycles. The number of hydrogen-bond acceptors (Lipinski definition) is 2. The lowest BCUT2D eigenvalue weighted by atomic mass is 10.1. The molecular formula is C14H12Cl2FNO. The summed E-state index contributed by atoms with van der Waals surface area (Å²) in [6.45, 7) is 1.76. The van der Waals surface area contributed by atoms with Crippen molar-refractivity contribution in [3.8, 4) is 11.5 Å². The highest BCUT2D eigenvalue weighted by Crippen LogP contribution is 2.32. The second kappa shape index (κ2) is 5.78. The van der Waals surface area contributed by atoms with Gasteiger partial charge in [0.15, 0.2) is 0 Å². The second-order valence-corrected chi connectivity index (χ2v) is 5.05. The Hall–Kier alpha value is -1.29. The molecule has 0 saturated carbocycles. The molecule has 0 radical (unpaired) electrons. The smallest absolute Gasteiger partial charge is 0.132 e. The quantitative estimate of drug-likeness (QED) is 0.871. The molecule has 0 spiro atoms. The maximum Gasteiger partial charge on any atom is 0.132 e. The monoisotopic (exact) mass is 299 g/mol. The zero-order valence-corrected chi connectivity index (χ0v) is 11.7. The molecule has 0 unspecified atom stereocenters. The molecule has 2 N–H and O–H groups in total. The zero-order valence-electron chi connectivity index (χ0n) is 10.2. The van der Waals surface area contributed by atoms with Gasteiger partial charge < -0.3 is 10.5 Å². The van der Waals surface area contributed by atoms with E-state index >= 15 is 0 Å². The van der Waals surface area contributed by atoms with Gasteiger partial charge in [0, 0.05) is 21.7 Å². The van der Waals surface area contributed by atoms with E-state index in [-0.39, 0.29) is 11.9 Å². The van der Waals surface area contributed by atoms with Crippen LogP contribution >= 0.6 is 23.2 Å². The van der Waals surface area contributed by atoms with Gasteiger partial charge in [-0.25, -0.2) is 4.39 Å². The number of benzene rings is 2. The van der Waals surface area contributed by atoms with Crippen LogP contribution < -0.4 is 10.5 Å². The van der Waals surface area contributed by atoms with Crippen molar-refractivity contribution in [3.63, 3.8) is 0 Å². The average Bonchev–Trinajstić information content (AvgIpc) is 2.30. The van der Waals surface area contributed by atoms with E-state index in [0.717, 1.165) is 0 Å². The minimum absolute atomic E-state index is 0.347. The molecule has 0 aliphatic carbocycles. The van der Waals surface area contributed by atoms with Gasteiger partial charge in [-0.15, -0.1) is 0 Å². The number of rotatable bonds is 3. The lowest BCUT2D eigenvalue weighted by molar-refractivity contribution is 0.469. The Morgan fingerprint density at radius 3 is 2.32 bits per heavy atom. The van der Waals surface area contributed by atoms with Gasteiger partial charge in [-0.1, -0.05) is 23.2 Å². The molecule has 0 fully saturated rings. The number of hydrogen-bond donors (Lipinski definition) is 1. The van der Waals surface area contributed by atoms with Gasteiger partial charge >= 0.3 is 0 Å². The molecule has 2 rings (SSSR count). The van der Waals surface area contributed by atoms with Crippen molar-refractivity contribution in [3.05, 3.63) is 57.8 Å². The van der Waals surface area contributed by atoms with Crippen molar-refractivity contribution in [1.29, 1.82) is 0 Å². The van der Waals surface area contributed by atoms with Gasteiger partial charge in [0.25, 0.3) is 0 Å². The van der Waals surface area contributed by atoms with Crippen molar-refractivity contribution < 1.29 is 9.13 Å². The number of ether oxygens (including phenoxy) is 1. The van der Waals surface area contributed by atoms with Gasteiger partial charge in [-0.2, -0.15) is 0 Å². The van der Waals surface area contributed by atoms with Crippen LogP contribution in [-0.4, -0.2) is 0 Å². The van der Waals surface area contributed by atoms with Crippen LogP contribution in [0.1, 0.15) is 18.5 Å². The molecule has 0 aromatic heterocycles. The fraction of sp³-hybridized carbons (Fsp3) is 0.143. The molecule has 100 valence electrons. The molecule has 0 aliphatic heterocycles. The van der Waals surface area contributed by atoms with Crippen LogP contribution in [-0.2, 0) is 0 Å². The van der Waals surface area contributed by atoms with Crippen LogP contribution in [0.2, 0.25) is 10.0 Å². The summed E-state index contributed by atoms with van der Waals surface area (Å²) >= 11 is 11.8. The highest BCUT2D eigenvalue weighted by Gasteiger charge is 2.11. The molecule has 0 bridgehead atoms. The largest absolute Gasteiger partial charge is 0.457 e. The fourth-order valence-electron chi connectivity index (χ4n) is 1.68. The maximum atomic E-state index is 13.2. The van der Waals surface area contributed by atoms with Crippen molar-refractivity contribution in [2.75, 3.05) is 0 Å². The molecule has 5 heteroatoms. The average molecular weight is 300 g/mol. The highest BCUT2D eigenvalue weighted by molar-refractivity contribution is 6.34. The highest BCUT2D eigenvalue weighted by atomic mass is 35.5. The van der Waals surface area contributed by atoms with Gasteiger partial charge in [0.1, 0.15) is 17.3 Å². The first-order valence-electron chi connectivity index (χ1n) is 5.64. The Morgan fingerprint density at radius 1 is 1.11 bits per heavy atom. The van der Waals surface area contributed by atoms with E-state index in [1.807, 2.05) is 0 Å². The molecular weight excluding hydrogens is 288 g/mol. The summed E-state index contributed by atoms with van der Waals surface area (Å²) in [7, 11) is 0. The molecule has 19 heavy (non-hydrogen) atoms. The van der Waals surface area contributed by atoms with Crippen LogP contribution in [0, 0.1) is 5.82 Å². The van der Waals surface area contributed by atoms with Gasteiger partial charge in [0.05, 0.1) is 0 Å². The standard InChI is InChI=1S/C14H12Cl2FNO/c1-8(18)13-7-11(17)2-3-14(13)19-12-5-9(15)4-10(16)6-12/h2-8H,18H2,1H3/t8-/m1/s1. The molecule has 2 nitrogen and oxygen atoms in total. The lowest BCUT2D eigenvalue weighted by Crippen LogP contribution is -2.07. The van der Waals surface area contributed by atoms with Crippen molar-refractivity contribution in [2.24, 2.45) is 5.73 Å². The van der Waals surface area contributed by atoms with Gasteiger partial charge in [0.2, 0.25) is 0 Å². The van der Waals surface area contributed by atoms with Gasteiger partial charge in [-0.05, 0) is 43.3 Å². The first-order chi connectivity index (χ1) is 8.95. The lowest BCUT2D eigenvalue weighted by Gasteiger charge is -2.14. The van der Waals surface area contributed by atoms with Crippen LogP contribution in [0.15, 0.2) is 36.4 Å². The Kier molecular flexibility index (Phi) is 4.30. The van der Waals surface area contributed by atoms with E-state index in [0.29, 0.717) is 27.1 Å². The Labute approximate surface area is 120 Å². The summed E-state index contributed by atoms with van der Waals surface area (Å²) < 4.78 is 18.9. The Balaban J connectivity index is 2.37. The predicted octanol–water partition coefficient (Wildman–Crippen LogP) is 4.94. The SMILES string of the molecule is C[C@@H](N)c1cc(F)ccc1Oc1cc(Cl)cc(Cl)c1. The molecule has 0 amide bonds. The van der Waals surface area contributed by atoms with Crippen molar-refractivity contribution in [1.82, 2.24) is 0 Å². The topological polar surface area (TPSA) is 35.2 Å². The van der Waals surface area contributed by atoms with E-state index in [9.17, 15) is 4.39 Å². The summed E-state index contributed by atoms with van der Waals surface area (Å²) in [6.07, 6.45) is 0. The zero-order chi connectivity index (χ0) is 14.0. The summed E-state index contributed by atoms with van der Waals surface area (Å²) in [5.74, 6) is 0.601. The first-order valence-corrected chi connectivity index (χ1v) is 6.40. The summed E-state index contributed by atoms with van der Waals surface area (Å²) in [5.41, 5.74) is 6.38. The fourth-order valence-corrected chi connectivity index (χ4v) is 2.19. The minimum atomic E-state index is -0.358. The second-order valence-electron chi connectivity index (χ2n) is 4.18. The van der Waals surface area contributed by atoms with Crippen LogP contribution in [0.4, 0.5) is 4.39 Å². The van der Waals surface area contributed by atoms with Crippen LogP contribution in [0.5, 0.6) is 11.5 Å². The van der Waals surface area contributed by atoms with E-state index < -0.39 is 0 Å². The van der Waals surface area contributed by atoms with E-state index in [1.54, 1.807) is 25.1 Å². The van der Waals surface area contributed by atoms with Crippen LogP contribution in [0.3, 0.4) is 0 Å². The van der Waals surface area contributed by atoms with E-state index in [4.69, 9.17) is 33.7 Å². The molecule has 0 saturated heterocycles. The molecule has 2 aromatic rings. The Bertz CT molecular complexity index is 582. The Morgan fingerprint density at radius 2 is 1.74 bits per heavy atom.